The van der Waals surface area contributed by atoms with Crippen molar-refractivity contribution in [1.82, 2.24) is 30.1 Å². The molecule has 2 fully saturated rings. The molecule has 1 N–H and O–H groups in total. The van der Waals surface area contributed by atoms with Gasteiger partial charge in [0, 0.05) is 30.5 Å². The van der Waals surface area contributed by atoms with Crippen LogP contribution >= 0.6 is 11.6 Å². The predicted octanol–water partition coefficient (Wildman–Crippen LogP) is 1.22. The van der Waals surface area contributed by atoms with E-state index in [1.807, 2.05) is 0 Å². The van der Waals surface area contributed by atoms with Gasteiger partial charge in [0.05, 0.1) is 12.6 Å². The van der Waals surface area contributed by atoms with Crippen molar-refractivity contribution in [2.24, 2.45) is 11.8 Å². The summed E-state index contributed by atoms with van der Waals surface area (Å²) in [5.74, 6) is 0.515. The van der Waals surface area contributed by atoms with Gasteiger partial charge in [0.2, 0.25) is 0 Å². The summed E-state index contributed by atoms with van der Waals surface area (Å²) in [6.07, 6.45) is 0. The topological polar surface area (TPSA) is 77.6 Å². The molecule has 2 aromatic heterocycles. The van der Waals surface area contributed by atoms with Crippen LogP contribution in [0, 0.1) is 17.7 Å². The second-order valence-electron chi connectivity index (χ2n) is 6.55. The van der Waals surface area contributed by atoms with Crippen LogP contribution in [0.2, 0.25) is 5.15 Å². The van der Waals surface area contributed by atoms with Crippen LogP contribution in [0.4, 0.5) is 4.39 Å². The number of piperidine rings is 1. The average molecular weight is 361 g/mol. The zero-order valence-electron chi connectivity index (χ0n) is 13.1. The Kier molecular flexibility index (Phi) is 3.20. The Labute approximate surface area is 146 Å². The van der Waals surface area contributed by atoms with Crippen molar-refractivity contribution in [1.29, 1.82) is 0 Å². The van der Waals surface area contributed by atoms with Crippen molar-refractivity contribution in [2.45, 2.75) is 12.6 Å². The van der Waals surface area contributed by atoms with Crippen molar-refractivity contribution < 1.29 is 4.39 Å². The second-order valence-corrected chi connectivity index (χ2v) is 6.91. The van der Waals surface area contributed by atoms with Crippen molar-refractivity contribution in [2.75, 3.05) is 13.1 Å². The van der Waals surface area contributed by atoms with E-state index in [9.17, 15) is 9.18 Å². The zero-order chi connectivity index (χ0) is 17.1. The highest BCUT2D eigenvalue weighted by atomic mass is 35.5. The first-order valence-electron chi connectivity index (χ1n) is 8.11. The maximum atomic E-state index is 13.9. The minimum atomic E-state index is -0.347. The Balaban J connectivity index is 1.56. The molecule has 1 aliphatic carbocycles. The second kappa shape index (κ2) is 5.34. The highest BCUT2D eigenvalue weighted by molar-refractivity contribution is 6.33. The molecule has 3 aromatic rings. The van der Waals surface area contributed by atoms with Gasteiger partial charge in [-0.1, -0.05) is 35.0 Å². The lowest BCUT2D eigenvalue weighted by molar-refractivity contribution is 0.482. The monoisotopic (exact) mass is 360 g/mol. The third-order valence-corrected chi connectivity index (χ3v) is 5.50. The van der Waals surface area contributed by atoms with Crippen LogP contribution < -0.4 is 10.9 Å². The van der Waals surface area contributed by atoms with E-state index < -0.39 is 0 Å². The summed E-state index contributed by atoms with van der Waals surface area (Å²) < 4.78 is 16.7. The van der Waals surface area contributed by atoms with Crippen LogP contribution in [-0.4, -0.2) is 37.9 Å². The maximum Gasteiger partial charge on any atom is 0.298 e. The van der Waals surface area contributed by atoms with Crippen molar-refractivity contribution in [3.8, 4) is 0 Å². The summed E-state index contributed by atoms with van der Waals surface area (Å²) in [7, 11) is 0. The van der Waals surface area contributed by atoms with Gasteiger partial charge in [-0.2, -0.15) is 5.10 Å². The van der Waals surface area contributed by atoms with Crippen LogP contribution in [-0.2, 0) is 6.54 Å². The van der Waals surface area contributed by atoms with Gasteiger partial charge in [-0.15, -0.1) is 5.10 Å². The van der Waals surface area contributed by atoms with E-state index in [1.54, 1.807) is 18.2 Å². The molecule has 1 saturated carbocycles. The lowest BCUT2D eigenvalue weighted by atomic mass is 10.2. The fourth-order valence-corrected chi connectivity index (χ4v) is 3.97. The molecule has 1 aliphatic heterocycles. The van der Waals surface area contributed by atoms with E-state index >= 15 is 0 Å². The number of hydrogen-bond acceptors (Lipinski definition) is 5. The number of aromatic nitrogens is 5. The van der Waals surface area contributed by atoms with Gasteiger partial charge in [-0.25, -0.2) is 13.8 Å². The lowest BCUT2D eigenvalue weighted by Crippen LogP contribution is -2.28. The zero-order valence-corrected chi connectivity index (χ0v) is 13.8. The summed E-state index contributed by atoms with van der Waals surface area (Å²) >= 11 is 6.29. The van der Waals surface area contributed by atoms with E-state index in [0.717, 1.165) is 13.1 Å². The number of benzene rings is 1. The van der Waals surface area contributed by atoms with Gasteiger partial charge >= 0.3 is 0 Å². The van der Waals surface area contributed by atoms with E-state index in [4.69, 9.17) is 11.6 Å². The van der Waals surface area contributed by atoms with Gasteiger partial charge < -0.3 is 5.32 Å². The van der Waals surface area contributed by atoms with Gasteiger partial charge in [-0.3, -0.25) is 4.79 Å². The van der Waals surface area contributed by atoms with Gasteiger partial charge in [0.25, 0.3) is 5.56 Å². The Morgan fingerprint density at radius 2 is 2.00 bits per heavy atom. The average Bonchev–Trinajstić information content (AvgIpc) is 2.93. The summed E-state index contributed by atoms with van der Waals surface area (Å²) in [6.45, 7) is 1.91. The van der Waals surface area contributed by atoms with E-state index in [2.05, 4.69) is 20.7 Å². The molecule has 5 rings (SSSR count). The molecule has 3 heterocycles. The van der Waals surface area contributed by atoms with Crippen molar-refractivity contribution >= 4 is 22.6 Å². The van der Waals surface area contributed by atoms with Crippen LogP contribution in [0.3, 0.4) is 0 Å². The van der Waals surface area contributed by atoms with E-state index in [-0.39, 0.29) is 40.1 Å². The summed E-state index contributed by atoms with van der Waals surface area (Å²) in [5, 5.41) is 15.9. The smallest absolute Gasteiger partial charge is 0.298 e. The molecule has 0 bridgehead atoms. The van der Waals surface area contributed by atoms with Crippen LogP contribution in [0.25, 0.3) is 11.0 Å². The summed E-state index contributed by atoms with van der Waals surface area (Å²) in [5.41, 5.74) is 0.573. The largest absolute Gasteiger partial charge is 0.316 e. The molecule has 0 spiro atoms. The minimum Gasteiger partial charge on any atom is -0.316 e. The number of fused-ring (bicyclic) bond motifs is 2. The fraction of sp³-hybridized carbons (Fsp3) is 0.375. The number of nitrogens with zero attached hydrogens (tertiary/aromatic N) is 5. The number of rotatable bonds is 3. The third-order valence-electron chi connectivity index (χ3n) is 5.13. The molecular formula is C16H14ClFN6O. The van der Waals surface area contributed by atoms with Gasteiger partial charge in [0.1, 0.15) is 5.82 Å². The Hall–Kier alpha value is -2.32. The normalized spacial score (nSPS) is 24.6. The van der Waals surface area contributed by atoms with E-state index in [1.165, 1.54) is 15.4 Å². The predicted molar refractivity (Wildman–Crippen MR) is 89.0 cm³/mol. The number of nitrogens with one attached hydrogen (secondary N) is 1. The van der Waals surface area contributed by atoms with Crippen molar-refractivity contribution in [3.63, 3.8) is 0 Å². The van der Waals surface area contributed by atoms with E-state index in [0.29, 0.717) is 17.4 Å². The SMILES string of the molecule is O=c1c2nn(Cc3ccccc3F)c(Cl)c2nnn1C1[C@H]2CNC[C@@H]12. The summed E-state index contributed by atoms with van der Waals surface area (Å²) in [6, 6.07) is 6.47. The standard InChI is InChI=1S/C16H14ClFN6O/c17-15-12-13(21-23(15)7-8-3-1-2-4-11(8)18)16(25)24(22-20-12)14-9-5-19-6-10(9)14/h1-4,9-10,14,19H,5-7H2/t9-,10+,14?. The Bertz CT molecular complexity index is 1040. The van der Waals surface area contributed by atoms with Gasteiger partial charge in [-0.05, 0) is 6.07 Å². The van der Waals surface area contributed by atoms with Crippen molar-refractivity contribution in [3.05, 3.63) is 51.2 Å². The molecule has 25 heavy (non-hydrogen) atoms. The molecule has 7 nitrogen and oxygen atoms in total. The molecule has 1 unspecified atom stereocenters. The minimum absolute atomic E-state index is 0.0844. The molecule has 128 valence electrons. The Morgan fingerprint density at radius 1 is 1.24 bits per heavy atom. The van der Waals surface area contributed by atoms with Crippen LogP contribution in [0.15, 0.2) is 29.1 Å². The lowest BCUT2D eigenvalue weighted by Gasteiger charge is -2.05. The number of hydrogen-bond donors (Lipinski definition) is 1. The molecule has 9 heteroatoms. The fourth-order valence-electron chi connectivity index (χ4n) is 3.74. The highest BCUT2D eigenvalue weighted by Crippen LogP contribution is 2.51. The maximum absolute atomic E-state index is 13.9. The molecule has 3 atom stereocenters. The van der Waals surface area contributed by atoms with Crippen LogP contribution in [0.1, 0.15) is 11.6 Å². The molecule has 2 aliphatic rings. The molecule has 0 amide bonds. The molecule has 1 aromatic carbocycles. The Morgan fingerprint density at radius 3 is 2.76 bits per heavy atom. The first-order valence-corrected chi connectivity index (χ1v) is 8.48. The summed E-state index contributed by atoms with van der Waals surface area (Å²) in [4.78, 5) is 12.8. The molecule has 1 saturated heterocycles. The van der Waals surface area contributed by atoms with Crippen LogP contribution in [0.5, 0.6) is 0 Å². The quantitative estimate of drug-likeness (QED) is 0.760. The molecule has 0 radical (unpaired) electrons. The first-order chi connectivity index (χ1) is 12.1. The first kappa shape index (κ1) is 15.0. The number of halogens is 2. The third kappa shape index (κ3) is 2.21. The molecular weight excluding hydrogens is 347 g/mol. The van der Waals surface area contributed by atoms with Gasteiger partial charge in [0.15, 0.2) is 16.2 Å². The highest BCUT2D eigenvalue weighted by Gasteiger charge is 2.55.